The Morgan fingerprint density at radius 3 is 2.66 bits per heavy atom. The molecular formula is C23H22ClF2N3O3. The molecule has 0 spiro atoms. The highest BCUT2D eigenvalue weighted by atomic mass is 35.5. The highest BCUT2D eigenvalue weighted by Gasteiger charge is 2.72. The van der Waals surface area contributed by atoms with Crippen molar-refractivity contribution in [2.45, 2.75) is 37.3 Å². The van der Waals surface area contributed by atoms with E-state index in [1.165, 1.54) is 11.1 Å². The van der Waals surface area contributed by atoms with Gasteiger partial charge in [-0.2, -0.15) is 0 Å². The standard InChI is InChI=1S/C23H22ClF2N3O3/c1-11-2-3-28-18(4-11)22(31)29-19(21(27)30)5-13-8-23(13,29)20(12-9-32-10-12)14-6-17(26)15(24)7-16(14)25/h2-4,6-7,12-13,19-20H,5,8-10H2,1H3,(H2,27,30)/t13?,19?,20-,23?/m1/s1. The summed E-state index contributed by atoms with van der Waals surface area (Å²) >= 11 is 5.79. The first-order valence-corrected chi connectivity index (χ1v) is 10.9. The lowest BCUT2D eigenvalue weighted by Gasteiger charge is -2.44. The quantitative estimate of drug-likeness (QED) is 0.693. The van der Waals surface area contributed by atoms with Gasteiger partial charge in [-0.1, -0.05) is 11.6 Å². The lowest BCUT2D eigenvalue weighted by Crippen LogP contribution is -2.55. The number of primary amides is 1. The summed E-state index contributed by atoms with van der Waals surface area (Å²) < 4.78 is 34.9. The van der Waals surface area contributed by atoms with Crippen LogP contribution in [-0.4, -0.2) is 46.5 Å². The van der Waals surface area contributed by atoms with Crippen molar-refractivity contribution in [2.24, 2.45) is 17.6 Å². The lowest BCUT2D eigenvalue weighted by atomic mass is 9.76. The third kappa shape index (κ3) is 3.11. The number of likely N-dealkylation sites (tertiary alicyclic amines) is 1. The van der Waals surface area contributed by atoms with E-state index in [4.69, 9.17) is 22.1 Å². The third-order valence-electron chi connectivity index (χ3n) is 7.12. The Hall–Kier alpha value is -2.58. The number of carbonyl (C=O) groups is 2. The Labute approximate surface area is 188 Å². The van der Waals surface area contributed by atoms with E-state index < -0.39 is 40.9 Å². The predicted molar refractivity (Wildman–Crippen MR) is 112 cm³/mol. The average Bonchev–Trinajstić information content (AvgIpc) is 3.32. The van der Waals surface area contributed by atoms with E-state index in [0.29, 0.717) is 26.1 Å². The molecule has 1 saturated carbocycles. The predicted octanol–water partition coefficient (Wildman–Crippen LogP) is 3.21. The van der Waals surface area contributed by atoms with E-state index in [2.05, 4.69) is 4.98 Å². The van der Waals surface area contributed by atoms with Crippen LogP contribution in [0.3, 0.4) is 0 Å². The number of nitrogens with zero attached hydrogens (tertiary/aromatic N) is 2. The van der Waals surface area contributed by atoms with Crippen LogP contribution in [0.15, 0.2) is 30.5 Å². The number of pyridine rings is 1. The lowest BCUT2D eigenvalue weighted by molar-refractivity contribution is -0.123. The zero-order valence-corrected chi connectivity index (χ0v) is 18.1. The van der Waals surface area contributed by atoms with Crippen LogP contribution < -0.4 is 5.73 Å². The number of fused-ring (bicyclic) bond motifs is 1. The molecule has 3 aliphatic rings. The molecule has 3 fully saturated rings. The molecule has 2 aliphatic heterocycles. The molecule has 3 unspecified atom stereocenters. The molecule has 1 aromatic carbocycles. The van der Waals surface area contributed by atoms with Gasteiger partial charge in [-0.15, -0.1) is 0 Å². The number of benzene rings is 1. The Morgan fingerprint density at radius 2 is 2.03 bits per heavy atom. The van der Waals surface area contributed by atoms with Crippen molar-refractivity contribution in [3.05, 3.63) is 63.9 Å². The van der Waals surface area contributed by atoms with E-state index in [9.17, 15) is 14.0 Å². The van der Waals surface area contributed by atoms with Crippen LogP contribution >= 0.6 is 11.6 Å². The summed E-state index contributed by atoms with van der Waals surface area (Å²) in [7, 11) is 0. The Balaban J connectivity index is 1.64. The molecule has 32 heavy (non-hydrogen) atoms. The van der Waals surface area contributed by atoms with Crippen LogP contribution in [0.4, 0.5) is 8.78 Å². The molecule has 1 aromatic heterocycles. The Bertz CT molecular complexity index is 1130. The molecule has 9 heteroatoms. The number of halogens is 3. The van der Waals surface area contributed by atoms with Crippen LogP contribution in [-0.2, 0) is 9.53 Å². The fraction of sp³-hybridized carbons (Fsp3) is 0.435. The summed E-state index contributed by atoms with van der Waals surface area (Å²) in [4.78, 5) is 31.7. The first kappa shape index (κ1) is 21.3. The van der Waals surface area contributed by atoms with Gasteiger partial charge < -0.3 is 15.4 Å². The number of rotatable bonds is 5. The van der Waals surface area contributed by atoms with Crippen LogP contribution in [0, 0.1) is 30.4 Å². The van der Waals surface area contributed by atoms with E-state index in [1.807, 2.05) is 6.92 Å². The molecule has 1 aliphatic carbocycles. The second kappa shape index (κ2) is 7.49. The second-order valence-electron chi connectivity index (χ2n) is 9.00. The van der Waals surface area contributed by atoms with Crippen molar-refractivity contribution in [3.8, 4) is 0 Å². The SMILES string of the molecule is Cc1ccnc(C(=O)N2C(C(N)=O)CC3CC32[C@@H](c2cc(F)c(Cl)cc2F)C2COC2)c1. The summed E-state index contributed by atoms with van der Waals surface area (Å²) in [5.74, 6) is -3.19. The molecule has 2 amide bonds. The van der Waals surface area contributed by atoms with E-state index in [-0.39, 0.29) is 28.1 Å². The molecule has 0 bridgehead atoms. The number of nitrogens with two attached hydrogens (primary N) is 1. The van der Waals surface area contributed by atoms with Gasteiger partial charge in [0, 0.05) is 18.0 Å². The first-order valence-electron chi connectivity index (χ1n) is 10.5. The summed E-state index contributed by atoms with van der Waals surface area (Å²) in [6.45, 7) is 2.55. The maximum atomic E-state index is 15.1. The fourth-order valence-electron chi connectivity index (χ4n) is 5.62. The molecule has 5 rings (SSSR count). The minimum absolute atomic E-state index is 0.0579. The van der Waals surface area contributed by atoms with E-state index in [0.717, 1.165) is 17.7 Å². The zero-order valence-electron chi connectivity index (χ0n) is 17.4. The van der Waals surface area contributed by atoms with Crippen LogP contribution in [0.2, 0.25) is 5.02 Å². The highest BCUT2D eigenvalue weighted by molar-refractivity contribution is 6.30. The second-order valence-corrected chi connectivity index (χ2v) is 9.41. The Morgan fingerprint density at radius 1 is 1.28 bits per heavy atom. The summed E-state index contributed by atoms with van der Waals surface area (Å²) in [5, 5.41) is -0.307. The molecule has 4 atom stereocenters. The molecule has 0 radical (unpaired) electrons. The molecule has 2 N–H and O–H groups in total. The highest BCUT2D eigenvalue weighted by Crippen LogP contribution is 2.67. The number of carbonyl (C=O) groups excluding carboxylic acids is 2. The van der Waals surface area contributed by atoms with Crippen molar-refractivity contribution in [1.82, 2.24) is 9.88 Å². The van der Waals surface area contributed by atoms with Crippen molar-refractivity contribution in [3.63, 3.8) is 0 Å². The van der Waals surface area contributed by atoms with Gasteiger partial charge in [-0.3, -0.25) is 14.6 Å². The maximum absolute atomic E-state index is 15.1. The summed E-state index contributed by atoms with van der Waals surface area (Å²) in [6, 6.07) is 4.64. The normalized spacial score (nSPS) is 27.6. The topological polar surface area (TPSA) is 85.5 Å². The molecule has 3 heterocycles. The van der Waals surface area contributed by atoms with E-state index in [1.54, 1.807) is 12.1 Å². The maximum Gasteiger partial charge on any atom is 0.273 e. The summed E-state index contributed by atoms with van der Waals surface area (Å²) in [5.41, 5.74) is 5.99. The first-order chi connectivity index (χ1) is 15.2. The van der Waals surface area contributed by atoms with Gasteiger partial charge in [0.25, 0.3) is 5.91 Å². The minimum Gasteiger partial charge on any atom is -0.381 e. The third-order valence-corrected chi connectivity index (χ3v) is 7.41. The number of hydrogen-bond donors (Lipinski definition) is 1. The van der Waals surface area contributed by atoms with E-state index >= 15 is 4.39 Å². The number of ether oxygens (including phenoxy) is 1. The van der Waals surface area contributed by atoms with Crippen molar-refractivity contribution >= 4 is 23.4 Å². The number of aromatic nitrogens is 1. The largest absolute Gasteiger partial charge is 0.381 e. The molecular weight excluding hydrogens is 440 g/mol. The summed E-state index contributed by atoms with van der Waals surface area (Å²) in [6.07, 6.45) is 2.48. The zero-order chi connectivity index (χ0) is 22.8. The average molecular weight is 462 g/mol. The van der Waals surface area contributed by atoms with Gasteiger partial charge in [0.1, 0.15) is 23.4 Å². The van der Waals surface area contributed by atoms with Gasteiger partial charge in [-0.25, -0.2) is 8.78 Å². The molecule has 6 nitrogen and oxygen atoms in total. The van der Waals surface area contributed by atoms with Crippen molar-refractivity contribution in [1.29, 1.82) is 0 Å². The number of amides is 2. The van der Waals surface area contributed by atoms with Crippen molar-refractivity contribution < 1.29 is 23.1 Å². The number of piperidine rings is 1. The van der Waals surface area contributed by atoms with Gasteiger partial charge in [-0.05, 0) is 61.1 Å². The van der Waals surface area contributed by atoms with Gasteiger partial charge in [0.2, 0.25) is 5.91 Å². The smallest absolute Gasteiger partial charge is 0.273 e. The molecule has 2 saturated heterocycles. The molecule has 168 valence electrons. The van der Waals surface area contributed by atoms with Crippen molar-refractivity contribution in [2.75, 3.05) is 13.2 Å². The van der Waals surface area contributed by atoms with Crippen LogP contribution in [0.25, 0.3) is 0 Å². The van der Waals surface area contributed by atoms with Gasteiger partial charge >= 0.3 is 0 Å². The minimum atomic E-state index is -0.863. The molecule has 2 aromatic rings. The number of hydrogen-bond acceptors (Lipinski definition) is 4. The Kier molecular flexibility index (Phi) is 4.98. The number of aryl methyl sites for hydroxylation is 1. The van der Waals surface area contributed by atoms with Gasteiger partial charge in [0.05, 0.1) is 23.8 Å². The monoisotopic (exact) mass is 461 g/mol. The van der Waals surface area contributed by atoms with Crippen LogP contribution in [0.1, 0.15) is 40.4 Å². The van der Waals surface area contributed by atoms with Crippen LogP contribution in [0.5, 0.6) is 0 Å². The van der Waals surface area contributed by atoms with Gasteiger partial charge in [0.15, 0.2) is 0 Å². The fourth-order valence-corrected chi connectivity index (χ4v) is 5.77.